The number of likely N-dealkylation sites (N-methyl/N-ethyl adjacent to an activating group) is 1. The molecule has 0 aliphatic carbocycles. The van der Waals surface area contributed by atoms with Gasteiger partial charge in [0.25, 0.3) is 0 Å². The van der Waals surface area contributed by atoms with E-state index < -0.39 is 0 Å². The second-order valence-corrected chi connectivity index (χ2v) is 5.05. The molecule has 1 fully saturated rings. The molecule has 0 bridgehead atoms. The van der Waals surface area contributed by atoms with E-state index in [9.17, 15) is 0 Å². The van der Waals surface area contributed by atoms with Gasteiger partial charge in [-0.2, -0.15) is 0 Å². The van der Waals surface area contributed by atoms with Gasteiger partial charge < -0.3 is 10.5 Å². The molecule has 0 aromatic heterocycles. The van der Waals surface area contributed by atoms with Crippen LogP contribution < -0.4 is 5.73 Å². The summed E-state index contributed by atoms with van der Waals surface area (Å²) in [6.45, 7) is 9.22. The quantitative estimate of drug-likeness (QED) is 0.716. The first-order chi connectivity index (χ1) is 7.01. The van der Waals surface area contributed by atoms with E-state index in [-0.39, 0.29) is 5.54 Å². The molecule has 1 saturated heterocycles. The van der Waals surface area contributed by atoms with Crippen LogP contribution >= 0.6 is 0 Å². The summed E-state index contributed by atoms with van der Waals surface area (Å²) in [6, 6.07) is 0.364. The minimum Gasteiger partial charge on any atom is -0.383 e. The average molecular weight is 215 g/mol. The van der Waals surface area contributed by atoms with Crippen LogP contribution in [0.2, 0.25) is 0 Å². The SMILES string of the molecule is COCC(CN)N1CCN(C)C(C)(C)C1. The van der Waals surface area contributed by atoms with Gasteiger partial charge in [0.15, 0.2) is 0 Å². The van der Waals surface area contributed by atoms with Crippen molar-refractivity contribution in [3.8, 4) is 0 Å². The normalized spacial score (nSPS) is 25.4. The van der Waals surface area contributed by atoms with Gasteiger partial charge in [-0.05, 0) is 20.9 Å². The van der Waals surface area contributed by atoms with Crippen molar-refractivity contribution in [2.45, 2.75) is 25.4 Å². The Morgan fingerprint density at radius 2 is 2.07 bits per heavy atom. The van der Waals surface area contributed by atoms with Gasteiger partial charge >= 0.3 is 0 Å². The molecular weight excluding hydrogens is 190 g/mol. The van der Waals surface area contributed by atoms with Crippen molar-refractivity contribution in [3.05, 3.63) is 0 Å². The highest BCUT2D eigenvalue weighted by atomic mass is 16.5. The summed E-state index contributed by atoms with van der Waals surface area (Å²) in [7, 11) is 3.93. The standard InChI is InChI=1S/C11H25N3O/c1-11(2)9-14(6-5-13(11)3)10(7-12)8-15-4/h10H,5-9,12H2,1-4H3. The minimum atomic E-state index is 0.236. The molecular formula is C11H25N3O. The fourth-order valence-electron chi connectivity index (χ4n) is 2.10. The van der Waals surface area contributed by atoms with Crippen molar-refractivity contribution in [1.82, 2.24) is 9.80 Å². The van der Waals surface area contributed by atoms with E-state index in [0.29, 0.717) is 12.6 Å². The summed E-state index contributed by atoms with van der Waals surface area (Å²) in [5, 5.41) is 0. The largest absolute Gasteiger partial charge is 0.383 e. The Labute approximate surface area is 93.4 Å². The highest BCUT2D eigenvalue weighted by Crippen LogP contribution is 2.20. The van der Waals surface area contributed by atoms with Crippen LogP contribution in [-0.2, 0) is 4.74 Å². The molecule has 1 rings (SSSR count). The van der Waals surface area contributed by atoms with E-state index in [1.807, 2.05) is 0 Å². The molecule has 0 saturated carbocycles. The molecule has 0 spiro atoms. The number of hydrogen-bond donors (Lipinski definition) is 1. The topological polar surface area (TPSA) is 41.7 Å². The zero-order valence-electron chi connectivity index (χ0n) is 10.5. The predicted molar refractivity (Wildman–Crippen MR) is 63.0 cm³/mol. The van der Waals surface area contributed by atoms with E-state index in [1.165, 1.54) is 0 Å². The first-order valence-corrected chi connectivity index (χ1v) is 5.65. The Bertz CT molecular complexity index is 196. The molecule has 15 heavy (non-hydrogen) atoms. The summed E-state index contributed by atoms with van der Waals surface area (Å²) >= 11 is 0. The van der Waals surface area contributed by atoms with Crippen molar-refractivity contribution in [1.29, 1.82) is 0 Å². The maximum Gasteiger partial charge on any atom is 0.0630 e. The van der Waals surface area contributed by atoms with Crippen LogP contribution in [0.5, 0.6) is 0 Å². The molecule has 2 N–H and O–H groups in total. The Balaban J connectivity index is 2.56. The molecule has 1 atom stereocenters. The van der Waals surface area contributed by atoms with Gasteiger partial charge in [0, 0.05) is 44.9 Å². The van der Waals surface area contributed by atoms with Crippen LogP contribution in [0.25, 0.3) is 0 Å². The summed E-state index contributed by atoms with van der Waals surface area (Å²) < 4.78 is 5.21. The third-order valence-electron chi connectivity index (χ3n) is 3.49. The van der Waals surface area contributed by atoms with Gasteiger partial charge in [-0.3, -0.25) is 9.80 Å². The molecule has 0 amide bonds. The highest BCUT2D eigenvalue weighted by Gasteiger charge is 2.33. The molecule has 90 valence electrons. The summed E-state index contributed by atoms with van der Waals surface area (Å²) in [6.07, 6.45) is 0. The summed E-state index contributed by atoms with van der Waals surface area (Å²) in [5.41, 5.74) is 6.01. The predicted octanol–water partition coefficient (Wildman–Crippen LogP) is -0.0139. The Morgan fingerprint density at radius 1 is 1.40 bits per heavy atom. The number of ether oxygens (including phenoxy) is 1. The molecule has 4 heteroatoms. The zero-order chi connectivity index (χ0) is 11.5. The number of nitrogens with two attached hydrogens (primary N) is 1. The molecule has 0 aromatic rings. The van der Waals surface area contributed by atoms with Crippen molar-refractivity contribution in [3.63, 3.8) is 0 Å². The van der Waals surface area contributed by atoms with E-state index >= 15 is 0 Å². The van der Waals surface area contributed by atoms with Crippen LogP contribution in [-0.4, -0.2) is 68.3 Å². The smallest absolute Gasteiger partial charge is 0.0630 e. The molecule has 4 nitrogen and oxygen atoms in total. The van der Waals surface area contributed by atoms with E-state index in [4.69, 9.17) is 10.5 Å². The van der Waals surface area contributed by atoms with Gasteiger partial charge in [0.2, 0.25) is 0 Å². The number of rotatable bonds is 4. The molecule has 0 aromatic carbocycles. The Morgan fingerprint density at radius 3 is 2.53 bits per heavy atom. The van der Waals surface area contributed by atoms with Gasteiger partial charge in [0.1, 0.15) is 0 Å². The van der Waals surface area contributed by atoms with Crippen molar-refractivity contribution in [2.24, 2.45) is 5.73 Å². The first kappa shape index (κ1) is 12.9. The zero-order valence-corrected chi connectivity index (χ0v) is 10.5. The van der Waals surface area contributed by atoms with E-state index in [2.05, 4.69) is 30.7 Å². The lowest BCUT2D eigenvalue weighted by Crippen LogP contribution is -2.61. The number of hydrogen-bond acceptors (Lipinski definition) is 4. The summed E-state index contributed by atoms with van der Waals surface area (Å²) in [4.78, 5) is 4.85. The van der Waals surface area contributed by atoms with Crippen LogP contribution in [0.3, 0.4) is 0 Å². The van der Waals surface area contributed by atoms with Gasteiger partial charge in [0.05, 0.1) is 6.61 Å². The number of methoxy groups -OCH3 is 1. The fourth-order valence-corrected chi connectivity index (χ4v) is 2.10. The summed E-state index contributed by atoms with van der Waals surface area (Å²) in [5.74, 6) is 0. The van der Waals surface area contributed by atoms with Gasteiger partial charge in [-0.1, -0.05) is 0 Å². The lowest BCUT2D eigenvalue weighted by molar-refractivity contribution is -0.00176. The van der Waals surface area contributed by atoms with Crippen LogP contribution in [0.4, 0.5) is 0 Å². The lowest BCUT2D eigenvalue weighted by atomic mass is 9.98. The molecule has 1 heterocycles. The lowest BCUT2D eigenvalue weighted by Gasteiger charge is -2.47. The molecule has 0 radical (unpaired) electrons. The second kappa shape index (κ2) is 5.25. The number of piperazine rings is 1. The second-order valence-electron chi connectivity index (χ2n) is 5.05. The van der Waals surface area contributed by atoms with Gasteiger partial charge in [-0.25, -0.2) is 0 Å². The number of nitrogens with zero attached hydrogens (tertiary/aromatic N) is 2. The highest BCUT2D eigenvalue weighted by molar-refractivity contribution is 4.90. The van der Waals surface area contributed by atoms with Crippen molar-refractivity contribution >= 4 is 0 Å². The maximum absolute atomic E-state index is 5.78. The van der Waals surface area contributed by atoms with E-state index in [0.717, 1.165) is 26.2 Å². The monoisotopic (exact) mass is 215 g/mol. The molecule has 1 aliphatic heterocycles. The Kier molecular flexibility index (Phi) is 4.52. The van der Waals surface area contributed by atoms with Crippen LogP contribution in [0, 0.1) is 0 Å². The van der Waals surface area contributed by atoms with Crippen LogP contribution in [0.15, 0.2) is 0 Å². The average Bonchev–Trinajstić information content (AvgIpc) is 2.18. The van der Waals surface area contributed by atoms with E-state index in [1.54, 1.807) is 7.11 Å². The molecule has 1 aliphatic rings. The van der Waals surface area contributed by atoms with Crippen molar-refractivity contribution < 1.29 is 4.74 Å². The minimum absolute atomic E-state index is 0.236. The maximum atomic E-state index is 5.78. The first-order valence-electron chi connectivity index (χ1n) is 5.65. The Hall–Kier alpha value is -0.160. The van der Waals surface area contributed by atoms with Crippen molar-refractivity contribution in [2.75, 3.05) is 46.9 Å². The fraction of sp³-hybridized carbons (Fsp3) is 1.00. The van der Waals surface area contributed by atoms with Gasteiger partial charge in [-0.15, -0.1) is 0 Å². The molecule has 1 unspecified atom stereocenters. The van der Waals surface area contributed by atoms with Crippen LogP contribution in [0.1, 0.15) is 13.8 Å². The third kappa shape index (κ3) is 3.14. The third-order valence-corrected chi connectivity index (χ3v) is 3.49.